The molecule has 1 aromatic rings. The number of rotatable bonds is 6. The third kappa shape index (κ3) is 4.71. The smallest absolute Gasteiger partial charge is 0.119 e. The lowest BCUT2D eigenvalue weighted by atomic mass is 9.98. The largest absolute Gasteiger partial charge is 0.494 e. The highest BCUT2D eigenvalue weighted by atomic mass is 16.5. The molecule has 2 aliphatic heterocycles. The van der Waals surface area contributed by atoms with E-state index in [0.29, 0.717) is 6.61 Å². The van der Waals surface area contributed by atoms with Crippen molar-refractivity contribution < 1.29 is 9.84 Å². The van der Waals surface area contributed by atoms with E-state index in [9.17, 15) is 5.11 Å². The number of aliphatic hydroxyl groups excluding tert-OH is 1. The van der Waals surface area contributed by atoms with Gasteiger partial charge in [0.05, 0.1) is 12.7 Å². The standard InChI is InChI=1S/C20H32N2O2/c1-3-24-20-5-4-17-8-11-22(13-18(17)12-20)15-19(23)14-21-9-6-16(2)7-10-21/h4-5,12,16,19,23H,3,6-11,13-15H2,1-2H3. The molecular weight excluding hydrogens is 300 g/mol. The zero-order valence-corrected chi connectivity index (χ0v) is 15.2. The number of benzene rings is 1. The van der Waals surface area contributed by atoms with Crippen LogP contribution in [0.5, 0.6) is 5.75 Å². The van der Waals surface area contributed by atoms with E-state index in [1.54, 1.807) is 0 Å². The summed E-state index contributed by atoms with van der Waals surface area (Å²) < 4.78 is 5.62. The Kier molecular flexibility index (Phi) is 6.14. The van der Waals surface area contributed by atoms with E-state index in [1.807, 2.05) is 6.92 Å². The molecule has 2 heterocycles. The minimum absolute atomic E-state index is 0.255. The molecule has 4 nitrogen and oxygen atoms in total. The van der Waals surface area contributed by atoms with Crippen molar-refractivity contribution >= 4 is 0 Å². The molecule has 0 radical (unpaired) electrons. The Morgan fingerprint density at radius 3 is 2.62 bits per heavy atom. The van der Waals surface area contributed by atoms with Crippen molar-refractivity contribution in [1.82, 2.24) is 9.80 Å². The fraction of sp³-hybridized carbons (Fsp3) is 0.700. The van der Waals surface area contributed by atoms with Gasteiger partial charge in [-0.1, -0.05) is 13.0 Å². The number of hydrogen-bond donors (Lipinski definition) is 1. The van der Waals surface area contributed by atoms with Gasteiger partial charge in [-0.25, -0.2) is 0 Å². The molecule has 1 aromatic carbocycles. The van der Waals surface area contributed by atoms with Crippen LogP contribution in [0.2, 0.25) is 0 Å². The molecule has 1 unspecified atom stereocenters. The fourth-order valence-electron chi connectivity index (χ4n) is 3.90. The predicted octanol–water partition coefficient (Wildman–Crippen LogP) is 2.54. The van der Waals surface area contributed by atoms with Gasteiger partial charge in [0.15, 0.2) is 0 Å². The lowest BCUT2D eigenvalue weighted by Gasteiger charge is -2.34. The van der Waals surface area contributed by atoms with Crippen molar-refractivity contribution in [3.05, 3.63) is 29.3 Å². The molecule has 0 aliphatic carbocycles. The van der Waals surface area contributed by atoms with Crippen LogP contribution in [0.4, 0.5) is 0 Å². The average molecular weight is 332 g/mol. The normalized spacial score (nSPS) is 21.5. The summed E-state index contributed by atoms with van der Waals surface area (Å²) in [5.74, 6) is 1.80. The average Bonchev–Trinajstić information content (AvgIpc) is 2.57. The van der Waals surface area contributed by atoms with Crippen LogP contribution in [-0.2, 0) is 13.0 Å². The zero-order valence-electron chi connectivity index (χ0n) is 15.2. The highest BCUT2D eigenvalue weighted by Gasteiger charge is 2.22. The number of aliphatic hydroxyl groups is 1. The van der Waals surface area contributed by atoms with E-state index in [2.05, 4.69) is 34.9 Å². The van der Waals surface area contributed by atoms with E-state index < -0.39 is 0 Å². The first-order valence-electron chi connectivity index (χ1n) is 9.51. The van der Waals surface area contributed by atoms with Crippen LogP contribution in [0.1, 0.15) is 37.8 Å². The highest BCUT2D eigenvalue weighted by Crippen LogP contribution is 2.24. The summed E-state index contributed by atoms with van der Waals surface area (Å²) in [6.07, 6.45) is 3.35. The van der Waals surface area contributed by atoms with Crippen LogP contribution in [0.15, 0.2) is 18.2 Å². The number of hydrogen-bond acceptors (Lipinski definition) is 4. The van der Waals surface area contributed by atoms with Gasteiger partial charge in [0, 0.05) is 26.2 Å². The third-order valence-electron chi connectivity index (χ3n) is 5.39. The van der Waals surface area contributed by atoms with Gasteiger partial charge in [-0.2, -0.15) is 0 Å². The highest BCUT2D eigenvalue weighted by molar-refractivity contribution is 5.37. The van der Waals surface area contributed by atoms with E-state index in [-0.39, 0.29) is 6.10 Å². The Hall–Kier alpha value is -1.10. The maximum absolute atomic E-state index is 10.5. The van der Waals surface area contributed by atoms with Gasteiger partial charge < -0.3 is 14.7 Å². The molecule has 1 fully saturated rings. The van der Waals surface area contributed by atoms with Crippen LogP contribution in [0.25, 0.3) is 0 Å². The molecule has 24 heavy (non-hydrogen) atoms. The second-order valence-electron chi connectivity index (χ2n) is 7.49. The summed E-state index contributed by atoms with van der Waals surface area (Å²) in [4.78, 5) is 4.81. The van der Waals surface area contributed by atoms with E-state index >= 15 is 0 Å². The van der Waals surface area contributed by atoms with Gasteiger partial charge in [-0.3, -0.25) is 4.90 Å². The summed E-state index contributed by atoms with van der Waals surface area (Å²) in [5, 5.41) is 10.5. The lowest BCUT2D eigenvalue weighted by Crippen LogP contribution is -2.44. The molecule has 0 aromatic heterocycles. The number of ether oxygens (including phenoxy) is 1. The number of nitrogens with zero attached hydrogens (tertiary/aromatic N) is 2. The molecule has 0 saturated carbocycles. The molecule has 3 rings (SSSR count). The van der Waals surface area contributed by atoms with Crippen molar-refractivity contribution in [3.63, 3.8) is 0 Å². The van der Waals surface area contributed by atoms with E-state index in [0.717, 1.165) is 57.4 Å². The maximum atomic E-state index is 10.5. The van der Waals surface area contributed by atoms with Crippen molar-refractivity contribution in [1.29, 1.82) is 0 Å². The van der Waals surface area contributed by atoms with Crippen molar-refractivity contribution in [2.75, 3.05) is 39.3 Å². The second kappa shape index (κ2) is 8.32. The molecule has 1 atom stereocenters. The first-order chi connectivity index (χ1) is 11.6. The number of β-amino-alcohol motifs (C(OH)–C–C–N with tert-alkyl or cyclic N) is 1. The van der Waals surface area contributed by atoms with Crippen molar-refractivity contribution in [3.8, 4) is 5.75 Å². The van der Waals surface area contributed by atoms with Gasteiger partial charge in [0.25, 0.3) is 0 Å². The van der Waals surface area contributed by atoms with Crippen LogP contribution in [0.3, 0.4) is 0 Å². The topological polar surface area (TPSA) is 35.9 Å². The van der Waals surface area contributed by atoms with Crippen molar-refractivity contribution in [2.45, 2.75) is 45.8 Å². The summed E-state index contributed by atoms with van der Waals surface area (Å²) in [6, 6.07) is 6.44. The quantitative estimate of drug-likeness (QED) is 0.868. The first kappa shape index (κ1) is 17.7. The predicted molar refractivity (Wildman–Crippen MR) is 97.4 cm³/mol. The van der Waals surface area contributed by atoms with Gasteiger partial charge in [0.1, 0.15) is 5.75 Å². The Morgan fingerprint density at radius 2 is 1.88 bits per heavy atom. The Labute approximate surface area is 146 Å². The molecule has 0 spiro atoms. The number of likely N-dealkylation sites (tertiary alicyclic amines) is 1. The molecular formula is C20H32N2O2. The third-order valence-corrected chi connectivity index (χ3v) is 5.39. The Bertz CT molecular complexity index is 526. The minimum atomic E-state index is -0.255. The second-order valence-corrected chi connectivity index (χ2v) is 7.49. The molecule has 0 bridgehead atoms. The SMILES string of the molecule is CCOc1ccc2c(c1)CN(CC(O)CN1CCC(C)CC1)CC2. The number of fused-ring (bicyclic) bond motifs is 1. The van der Waals surface area contributed by atoms with Crippen LogP contribution in [-0.4, -0.2) is 60.3 Å². The summed E-state index contributed by atoms with van der Waals surface area (Å²) in [7, 11) is 0. The minimum Gasteiger partial charge on any atom is -0.494 e. The molecule has 1 N–H and O–H groups in total. The zero-order chi connectivity index (χ0) is 16.9. The summed E-state index contributed by atoms with van der Waals surface area (Å²) in [5.41, 5.74) is 2.78. The van der Waals surface area contributed by atoms with E-state index in [4.69, 9.17) is 4.74 Å². The Morgan fingerprint density at radius 1 is 1.12 bits per heavy atom. The van der Waals surface area contributed by atoms with Crippen molar-refractivity contribution in [2.24, 2.45) is 5.92 Å². The van der Waals surface area contributed by atoms with Crippen LogP contribution < -0.4 is 4.74 Å². The van der Waals surface area contributed by atoms with Gasteiger partial charge in [0.2, 0.25) is 0 Å². The van der Waals surface area contributed by atoms with Crippen LogP contribution >= 0.6 is 0 Å². The fourth-order valence-corrected chi connectivity index (χ4v) is 3.90. The maximum Gasteiger partial charge on any atom is 0.119 e. The summed E-state index contributed by atoms with van der Waals surface area (Å²) in [6.45, 7) is 10.9. The lowest BCUT2D eigenvalue weighted by molar-refractivity contribution is 0.0575. The van der Waals surface area contributed by atoms with Gasteiger partial charge in [-0.05, 0) is 68.5 Å². The Balaban J connectivity index is 1.50. The molecule has 134 valence electrons. The monoisotopic (exact) mass is 332 g/mol. The van der Waals surface area contributed by atoms with Gasteiger partial charge >= 0.3 is 0 Å². The molecule has 0 amide bonds. The van der Waals surface area contributed by atoms with Gasteiger partial charge in [-0.15, -0.1) is 0 Å². The molecule has 2 aliphatic rings. The molecule has 4 heteroatoms. The number of piperidine rings is 1. The molecule has 1 saturated heterocycles. The van der Waals surface area contributed by atoms with Crippen LogP contribution in [0, 0.1) is 5.92 Å². The summed E-state index contributed by atoms with van der Waals surface area (Å²) >= 11 is 0. The van der Waals surface area contributed by atoms with E-state index in [1.165, 1.54) is 24.0 Å². The first-order valence-corrected chi connectivity index (χ1v) is 9.51.